The molecule has 0 saturated heterocycles. The maximum absolute atomic E-state index is 11.8. The Labute approximate surface area is 86.1 Å². The molecular formula is C8H15F3O2S. The largest absolute Gasteiger partial charge is 0.397 e. The lowest BCUT2D eigenvalue weighted by Crippen LogP contribution is -2.22. The third-order valence-electron chi connectivity index (χ3n) is 1.22. The predicted octanol–water partition coefficient (Wildman–Crippen LogP) is 2.68. The van der Waals surface area contributed by atoms with Gasteiger partial charge in [-0.1, -0.05) is 0 Å². The molecule has 2 nitrogen and oxygen atoms in total. The Balaban J connectivity index is 3.60. The van der Waals surface area contributed by atoms with Crippen LogP contribution < -0.4 is 0 Å². The monoisotopic (exact) mass is 232 g/mol. The fourth-order valence-corrected chi connectivity index (χ4v) is 1.52. The molecule has 0 N–H and O–H groups in total. The first kappa shape index (κ1) is 14.1. The minimum absolute atomic E-state index is 0.210. The van der Waals surface area contributed by atoms with E-state index in [9.17, 15) is 13.2 Å². The summed E-state index contributed by atoms with van der Waals surface area (Å²) >= 11 is 0.773. The molecule has 0 rings (SSSR count). The Bertz CT molecular complexity index is 135. The van der Waals surface area contributed by atoms with Crippen molar-refractivity contribution in [1.29, 1.82) is 0 Å². The lowest BCUT2D eigenvalue weighted by Gasteiger charge is -2.16. The van der Waals surface area contributed by atoms with Crippen LogP contribution in [-0.4, -0.2) is 37.2 Å². The standard InChI is InChI=1S/C8H15F3O2S/c1-3-12-7(13-4-2)5-14-6-8(9,10)11/h7H,3-6H2,1-2H3. The lowest BCUT2D eigenvalue weighted by atomic mass is 10.7. The molecule has 0 radical (unpaired) electrons. The Hall–Kier alpha value is 0.0600. The van der Waals surface area contributed by atoms with Crippen LogP contribution in [0.5, 0.6) is 0 Å². The summed E-state index contributed by atoms with van der Waals surface area (Å²) in [6.45, 7) is 4.44. The highest BCUT2D eigenvalue weighted by Gasteiger charge is 2.27. The van der Waals surface area contributed by atoms with E-state index in [0.717, 1.165) is 11.8 Å². The van der Waals surface area contributed by atoms with Gasteiger partial charge in [0.15, 0.2) is 6.29 Å². The second-order valence-corrected chi connectivity index (χ2v) is 3.50. The average molecular weight is 232 g/mol. The average Bonchev–Trinajstić information content (AvgIpc) is 2.02. The van der Waals surface area contributed by atoms with E-state index in [0.29, 0.717) is 13.2 Å². The van der Waals surface area contributed by atoms with E-state index < -0.39 is 18.2 Å². The van der Waals surface area contributed by atoms with Crippen LogP contribution >= 0.6 is 11.8 Å². The molecule has 0 heterocycles. The van der Waals surface area contributed by atoms with Crippen molar-refractivity contribution in [2.24, 2.45) is 0 Å². The molecule has 0 aromatic heterocycles. The molecule has 6 heteroatoms. The zero-order valence-corrected chi connectivity index (χ0v) is 9.08. The topological polar surface area (TPSA) is 18.5 Å². The first-order valence-corrected chi connectivity index (χ1v) is 5.52. The van der Waals surface area contributed by atoms with Gasteiger partial charge in [-0.3, -0.25) is 0 Å². The summed E-state index contributed by atoms with van der Waals surface area (Å²) in [4.78, 5) is 0. The van der Waals surface area contributed by atoms with Gasteiger partial charge in [0.05, 0.1) is 5.75 Å². The number of hydrogen-bond donors (Lipinski definition) is 0. The Morgan fingerprint density at radius 1 is 1.14 bits per heavy atom. The number of hydrogen-bond acceptors (Lipinski definition) is 3. The molecule has 0 aromatic carbocycles. The second-order valence-electron chi connectivity index (χ2n) is 2.47. The minimum Gasteiger partial charge on any atom is -0.352 e. The highest BCUT2D eigenvalue weighted by atomic mass is 32.2. The molecule has 0 saturated carbocycles. The highest BCUT2D eigenvalue weighted by molar-refractivity contribution is 7.99. The van der Waals surface area contributed by atoms with Gasteiger partial charge < -0.3 is 9.47 Å². The van der Waals surface area contributed by atoms with Gasteiger partial charge >= 0.3 is 6.18 Å². The quantitative estimate of drug-likeness (QED) is 0.629. The van der Waals surface area contributed by atoms with E-state index in [2.05, 4.69) is 0 Å². The van der Waals surface area contributed by atoms with Crippen molar-refractivity contribution in [3.05, 3.63) is 0 Å². The van der Waals surface area contributed by atoms with Crippen molar-refractivity contribution in [3.8, 4) is 0 Å². The molecule has 0 aromatic rings. The first-order valence-electron chi connectivity index (χ1n) is 4.37. The molecule has 0 amide bonds. The van der Waals surface area contributed by atoms with Gasteiger partial charge in [0, 0.05) is 19.0 Å². The SMILES string of the molecule is CCOC(CSCC(F)(F)F)OCC. The molecule has 14 heavy (non-hydrogen) atoms. The molecule has 86 valence electrons. The van der Waals surface area contributed by atoms with Crippen LogP contribution in [0, 0.1) is 0 Å². The van der Waals surface area contributed by atoms with E-state index in [1.54, 1.807) is 13.8 Å². The Morgan fingerprint density at radius 2 is 1.64 bits per heavy atom. The van der Waals surface area contributed by atoms with Gasteiger partial charge in [0.1, 0.15) is 0 Å². The van der Waals surface area contributed by atoms with Crippen molar-refractivity contribution in [1.82, 2.24) is 0 Å². The zero-order valence-electron chi connectivity index (χ0n) is 8.26. The molecule has 0 bridgehead atoms. The van der Waals surface area contributed by atoms with Gasteiger partial charge in [0.2, 0.25) is 0 Å². The van der Waals surface area contributed by atoms with Gasteiger partial charge in [-0.2, -0.15) is 13.2 Å². The molecule has 0 aliphatic rings. The summed E-state index contributed by atoms with van der Waals surface area (Å²) in [5.74, 6) is -0.648. The van der Waals surface area contributed by atoms with E-state index >= 15 is 0 Å². The van der Waals surface area contributed by atoms with E-state index in [-0.39, 0.29) is 5.75 Å². The minimum atomic E-state index is -4.12. The van der Waals surface area contributed by atoms with Crippen LogP contribution in [0.3, 0.4) is 0 Å². The van der Waals surface area contributed by atoms with Crippen molar-refractivity contribution in [3.63, 3.8) is 0 Å². The van der Waals surface area contributed by atoms with Crippen molar-refractivity contribution in [2.75, 3.05) is 24.7 Å². The zero-order chi connectivity index (χ0) is 11.0. The summed E-state index contributed by atoms with van der Waals surface area (Å²) in [5, 5.41) is 0. The van der Waals surface area contributed by atoms with Crippen LogP contribution in [0.15, 0.2) is 0 Å². The number of thioether (sulfide) groups is 1. The predicted molar refractivity (Wildman–Crippen MR) is 50.4 cm³/mol. The van der Waals surface area contributed by atoms with Gasteiger partial charge in [-0.15, -0.1) is 11.8 Å². The van der Waals surface area contributed by atoms with Crippen molar-refractivity contribution in [2.45, 2.75) is 26.3 Å². The smallest absolute Gasteiger partial charge is 0.352 e. The number of alkyl halides is 3. The van der Waals surface area contributed by atoms with Crippen LogP contribution in [0.4, 0.5) is 13.2 Å². The number of ether oxygens (including phenoxy) is 2. The van der Waals surface area contributed by atoms with Gasteiger partial charge in [-0.05, 0) is 13.8 Å². The third kappa shape index (κ3) is 8.65. The van der Waals surface area contributed by atoms with E-state index in [4.69, 9.17) is 9.47 Å². The normalized spacial score (nSPS) is 12.4. The molecular weight excluding hydrogens is 217 g/mol. The highest BCUT2D eigenvalue weighted by Crippen LogP contribution is 2.22. The fraction of sp³-hybridized carbons (Fsp3) is 1.00. The molecule has 0 fully saturated rings. The number of halogens is 3. The van der Waals surface area contributed by atoms with E-state index in [1.165, 1.54) is 0 Å². The number of rotatable bonds is 7. The van der Waals surface area contributed by atoms with Crippen molar-refractivity contribution < 1.29 is 22.6 Å². The molecule has 0 aliphatic carbocycles. The van der Waals surface area contributed by atoms with Crippen LogP contribution in [-0.2, 0) is 9.47 Å². The Morgan fingerprint density at radius 3 is 2.00 bits per heavy atom. The maximum atomic E-state index is 11.8. The van der Waals surface area contributed by atoms with Crippen molar-refractivity contribution >= 4 is 11.8 Å². The molecule has 0 spiro atoms. The van der Waals surface area contributed by atoms with Crippen LogP contribution in [0.25, 0.3) is 0 Å². The molecule has 0 unspecified atom stereocenters. The third-order valence-corrected chi connectivity index (χ3v) is 2.26. The van der Waals surface area contributed by atoms with Crippen LogP contribution in [0.2, 0.25) is 0 Å². The summed E-state index contributed by atoms with van der Waals surface area (Å²) < 4.78 is 45.5. The van der Waals surface area contributed by atoms with Gasteiger partial charge in [-0.25, -0.2) is 0 Å². The maximum Gasteiger partial charge on any atom is 0.397 e. The molecule has 0 atom stereocenters. The summed E-state index contributed by atoms with van der Waals surface area (Å²) in [6, 6.07) is 0. The molecule has 0 aliphatic heterocycles. The Kier molecular flexibility index (Phi) is 7.40. The fourth-order valence-electron chi connectivity index (χ4n) is 0.787. The summed E-state index contributed by atoms with van der Waals surface area (Å²) in [6.07, 6.45) is -4.65. The summed E-state index contributed by atoms with van der Waals surface area (Å²) in [7, 11) is 0. The van der Waals surface area contributed by atoms with Gasteiger partial charge in [0.25, 0.3) is 0 Å². The first-order chi connectivity index (χ1) is 6.49. The lowest BCUT2D eigenvalue weighted by molar-refractivity contribution is -0.120. The van der Waals surface area contributed by atoms with E-state index in [1.807, 2.05) is 0 Å². The van der Waals surface area contributed by atoms with Crippen LogP contribution in [0.1, 0.15) is 13.8 Å². The summed E-state index contributed by atoms with van der Waals surface area (Å²) in [5.41, 5.74) is 0. The second kappa shape index (κ2) is 7.36.